The summed E-state index contributed by atoms with van der Waals surface area (Å²) in [5.41, 5.74) is -4.20. The van der Waals surface area contributed by atoms with Crippen molar-refractivity contribution in [3.8, 4) is 11.8 Å². The molecule has 2 aliphatic heterocycles. The zero-order valence-corrected chi connectivity index (χ0v) is 22.0. The van der Waals surface area contributed by atoms with Crippen LogP contribution in [0, 0.1) is 11.3 Å². The normalized spacial score (nSPS) is 26.0. The highest BCUT2D eigenvalue weighted by atomic mass is 32.1. The minimum Gasteiger partial charge on any atom is -0.492 e. The van der Waals surface area contributed by atoms with Crippen molar-refractivity contribution in [2.45, 2.75) is 61.5 Å². The summed E-state index contributed by atoms with van der Waals surface area (Å²) in [4.78, 5) is 20.3. The van der Waals surface area contributed by atoms with Gasteiger partial charge in [-0.2, -0.15) is 18.4 Å². The second kappa shape index (κ2) is 9.71. The number of ether oxygens (including phenoxy) is 1. The van der Waals surface area contributed by atoms with Crippen LogP contribution < -0.4 is 19.9 Å². The molecule has 3 aliphatic rings. The predicted molar refractivity (Wildman–Crippen MR) is 140 cm³/mol. The van der Waals surface area contributed by atoms with E-state index in [-0.39, 0.29) is 37.2 Å². The van der Waals surface area contributed by atoms with Gasteiger partial charge in [0.25, 0.3) is 5.91 Å². The van der Waals surface area contributed by atoms with Gasteiger partial charge in [0.05, 0.1) is 17.4 Å². The van der Waals surface area contributed by atoms with Crippen LogP contribution >= 0.6 is 12.6 Å². The minimum atomic E-state index is -4.81. The Bertz CT molecular complexity index is 1340. The van der Waals surface area contributed by atoms with Crippen molar-refractivity contribution in [1.82, 2.24) is 10.3 Å². The smallest absolute Gasteiger partial charge is 0.419 e. The van der Waals surface area contributed by atoms with Crippen molar-refractivity contribution >= 4 is 29.9 Å². The van der Waals surface area contributed by atoms with Gasteiger partial charge in [0.2, 0.25) is 0 Å². The highest BCUT2D eigenvalue weighted by Crippen LogP contribution is 2.50. The number of hydrogen-bond donors (Lipinski definition) is 2. The van der Waals surface area contributed by atoms with Gasteiger partial charge < -0.3 is 15.0 Å². The lowest BCUT2D eigenvalue weighted by atomic mass is 9.75. The quantitative estimate of drug-likeness (QED) is 0.294. The van der Waals surface area contributed by atoms with Crippen molar-refractivity contribution in [1.29, 1.82) is 5.26 Å². The molecule has 3 unspecified atom stereocenters. The van der Waals surface area contributed by atoms with Crippen molar-refractivity contribution in [3.63, 3.8) is 0 Å². The van der Waals surface area contributed by atoms with E-state index >= 15 is 0 Å². The van der Waals surface area contributed by atoms with E-state index in [4.69, 9.17) is 10.00 Å². The lowest BCUT2D eigenvalue weighted by Crippen LogP contribution is -2.55. The molecule has 2 saturated heterocycles. The number of carbonyl (C=O) groups excluding carboxylic acids is 1. The first-order valence-electron chi connectivity index (χ1n) is 12.5. The Labute approximate surface area is 228 Å². The second-order valence-electron chi connectivity index (χ2n) is 10.3. The predicted octanol–water partition coefficient (Wildman–Crippen LogP) is 4.99. The number of carbonyl (C=O) groups is 1. The number of alkyl halides is 4. The number of anilines is 2. The average molecular weight is 562 g/mol. The van der Waals surface area contributed by atoms with E-state index in [9.17, 15) is 22.4 Å². The van der Waals surface area contributed by atoms with Crippen LogP contribution in [0.3, 0.4) is 0 Å². The fourth-order valence-electron chi connectivity index (χ4n) is 5.44. The Morgan fingerprint density at radius 2 is 2.00 bits per heavy atom. The number of nitrogens with zero attached hydrogens (tertiary/aromatic N) is 4. The van der Waals surface area contributed by atoms with Crippen molar-refractivity contribution in [3.05, 3.63) is 59.9 Å². The zero-order valence-electron chi connectivity index (χ0n) is 21.1. The SMILES string of the molecule is C=C(C)C1(F)CNC(COc2ccc(N3C(S)N(c4cnc(C#N)c(C(F)(F)F)c4)C(=O)C34CCC4)cc2)C1. The summed E-state index contributed by atoms with van der Waals surface area (Å²) >= 11 is 4.66. The van der Waals surface area contributed by atoms with E-state index in [1.165, 1.54) is 11.0 Å². The topological polar surface area (TPSA) is 81.5 Å². The van der Waals surface area contributed by atoms with E-state index in [2.05, 4.69) is 29.5 Å². The Morgan fingerprint density at radius 1 is 1.31 bits per heavy atom. The molecular weight excluding hydrogens is 534 g/mol. The van der Waals surface area contributed by atoms with Gasteiger partial charge in [-0.05, 0) is 62.1 Å². The van der Waals surface area contributed by atoms with Gasteiger partial charge in [0, 0.05) is 24.7 Å². The van der Waals surface area contributed by atoms with Gasteiger partial charge in [-0.1, -0.05) is 6.58 Å². The lowest BCUT2D eigenvalue weighted by Gasteiger charge is -2.44. The fourth-order valence-corrected chi connectivity index (χ4v) is 6.03. The molecule has 1 amide bonds. The third kappa shape index (κ3) is 4.61. The van der Waals surface area contributed by atoms with Crippen LogP contribution in [0.1, 0.15) is 43.9 Å². The summed E-state index contributed by atoms with van der Waals surface area (Å²) in [6.45, 7) is 5.86. The molecule has 12 heteroatoms. The minimum absolute atomic E-state index is 0.0807. The van der Waals surface area contributed by atoms with Crippen molar-refractivity contribution < 1.29 is 27.1 Å². The van der Waals surface area contributed by atoms with Crippen LogP contribution in [0.25, 0.3) is 0 Å². The Hall–Kier alpha value is -3.30. The molecule has 5 rings (SSSR count). The average Bonchev–Trinajstić information content (AvgIpc) is 3.37. The Balaban J connectivity index is 1.36. The van der Waals surface area contributed by atoms with Gasteiger partial charge in [-0.15, -0.1) is 12.6 Å². The summed E-state index contributed by atoms with van der Waals surface area (Å²) < 4.78 is 61.4. The molecule has 0 bridgehead atoms. The number of halogens is 4. The third-order valence-corrected chi connectivity index (χ3v) is 8.32. The second-order valence-corrected chi connectivity index (χ2v) is 10.8. The number of nitriles is 1. The molecule has 1 aromatic carbocycles. The molecule has 2 aromatic rings. The highest BCUT2D eigenvalue weighted by Gasteiger charge is 2.60. The first-order chi connectivity index (χ1) is 18.4. The van der Waals surface area contributed by atoms with Gasteiger partial charge >= 0.3 is 6.18 Å². The molecule has 3 fully saturated rings. The first kappa shape index (κ1) is 27.3. The van der Waals surface area contributed by atoms with Gasteiger partial charge in [-0.25, -0.2) is 9.37 Å². The molecule has 0 radical (unpaired) electrons. The summed E-state index contributed by atoms with van der Waals surface area (Å²) in [5, 5.41) is 12.2. The monoisotopic (exact) mass is 561 g/mol. The lowest BCUT2D eigenvalue weighted by molar-refractivity contribution is -0.138. The van der Waals surface area contributed by atoms with Crippen LogP contribution in [-0.2, 0) is 11.0 Å². The van der Waals surface area contributed by atoms with E-state index in [1.54, 1.807) is 36.1 Å². The summed E-state index contributed by atoms with van der Waals surface area (Å²) in [6, 6.07) is 9.06. The van der Waals surface area contributed by atoms with E-state index < -0.39 is 34.1 Å². The standard InChI is InChI=1S/C27H27F4N5O2S/c1-16(2)25(28)11-17(34-15-25)14-38-20-6-4-18(5-7-20)36-24(39)35(23(37)26(36)8-3-9-26)19-10-21(27(29,30)31)22(12-32)33-13-19/h4-7,10,13,17,24,34,39H,1,3,8-9,11,14-15H2,2H3. The molecule has 1 N–H and O–H groups in total. The fraction of sp³-hybridized carbons (Fsp3) is 0.444. The number of hydrogen-bond acceptors (Lipinski definition) is 7. The number of thiol groups is 1. The number of nitrogens with one attached hydrogen (secondary N) is 1. The summed E-state index contributed by atoms with van der Waals surface area (Å²) in [6.07, 6.45) is -1.61. The number of rotatable bonds is 6. The number of aromatic nitrogens is 1. The largest absolute Gasteiger partial charge is 0.492 e. The van der Waals surface area contributed by atoms with Crippen LogP contribution in [-0.4, -0.2) is 46.8 Å². The van der Waals surface area contributed by atoms with E-state index in [0.29, 0.717) is 29.9 Å². The number of pyridine rings is 1. The van der Waals surface area contributed by atoms with Crippen LogP contribution in [0.5, 0.6) is 5.75 Å². The maximum absolute atomic E-state index is 14.8. The molecule has 39 heavy (non-hydrogen) atoms. The van der Waals surface area contributed by atoms with Gasteiger partial charge in [0.1, 0.15) is 29.6 Å². The molecular formula is C27H27F4N5O2S. The molecule has 1 saturated carbocycles. The summed E-state index contributed by atoms with van der Waals surface area (Å²) in [5.74, 6) is 0.187. The van der Waals surface area contributed by atoms with Crippen LogP contribution in [0.15, 0.2) is 48.7 Å². The van der Waals surface area contributed by atoms with Crippen molar-refractivity contribution in [2.24, 2.45) is 0 Å². The Morgan fingerprint density at radius 3 is 2.54 bits per heavy atom. The maximum atomic E-state index is 14.8. The van der Waals surface area contributed by atoms with Crippen molar-refractivity contribution in [2.75, 3.05) is 23.0 Å². The van der Waals surface area contributed by atoms with Gasteiger partial charge in [0.15, 0.2) is 11.2 Å². The van der Waals surface area contributed by atoms with Gasteiger partial charge in [-0.3, -0.25) is 9.69 Å². The molecule has 1 spiro atoms. The Kier molecular flexibility index (Phi) is 6.79. The van der Waals surface area contributed by atoms with E-state index in [0.717, 1.165) is 18.7 Å². The van der Waals surface area contributed by atoms with Crippen LogP contribution in [0.4, 0.5) is 28.9 Å². The van der Waals surface area contributed by atoms with Crippen LogP contribution in [0.2, 0.25) is 0 Å². The molecule has 3 atom stereocenters. The number of benzene rings is 1. The molecule has 3 heterocycles. The highest BCUT2D eigenvalue weighted by molar-refractivity contribution is 7.81. The summed E-state index contributed by atoms with van der Waals surface area (Å²) in [7, 11) is 0. The number of amides is 1. The molecule has 7 nitrogen and oxygen atoms in total. The third-order valence-electron chi connectivity index (χ3n) is 7.86. The first-order valence-corrected chi connectivity index (χ1v) is 13.0. The maximum Gasteiger partial charge on any atom is 0.419 e. The molecule has 1 aliphatic carbocycles. The zero-order chi connectivity index (χ0) is 28.2. The molecule has 206 valence electrons. The molecule has 1 aromatic heterocycles. The van der Waals surface area contributed by atoms with E-state index in [1.807, 2.05) is 0 Å².